The minimum atomic E-state index is -1.04. The number of rotatable bonds is 5. The van der Waals surface area contributed by atoms with Crippen molar-refractivity contribution < 1.29 is 27.5 Å². The van der Waals surface area contributed by atoms with Crippen LogP contribution >= 0.6 is 11.3 Å². The molecule has 1 aliphatic heterocycles. The topological polar surface area (TPSA) is 89.7 Å². The number of hydrogen-bond donors (Lipinski definition) is 0. The van der Waals surface area contributed by atoms with Crippen molar-refractivity contribution in [2.75, 3.05) is 13.6 Å². The number of halogens is 3. The highest BCUT2D eigenvalue weighted by molar-refractivity contribution is 7.17. The van der Waals surface area contributed by atoms with E-state index < -0.39 is 35.2 Å². The fourth-order valence-electron chi connectivity index (χ4n) is 6.84. The molecule has 1 amide bonds. The summed E-state index contributed by atoms with van der Waals surface area (Å²) in [4.78, 5) is 41.8. The SMILES string of the molecule is CN=C(/C=C1\C(C)[C@@H](C)CN(C(=O)OC(C)(C)C)[C@@H]1C)c1nc(-c2ccc3c(c2)nc(C)n3C)c2scc(F)c2c1-c1c(F)cc(F)cc1C=O. The second kappa shape index (κ2) is 13.4. The lowest BCUT2D eigenvalue weighted by molar-refractivity contribution is 0.00976. The molecule has 266 valence electrons. The molecule has 0 N–H and O–H groups in total. The number of piperidine rings is 1. The molecule has 12 heteroatoms. The van der Waals surface area contributed by atoms with E-state index in [1.54, 1.807) is 18.0 Å². The van der Waals surface area contributed by atoms with Crippen LogP contribution < -0.4 is 0 Å². The van der Waals surface area contributed by atoms with Gasteiger partial charge in [0.25, 0.3) is 0 Å². The number of carbonyl (C=O) groups is 2. The lowest BCUT2D eigenvalue weighted by atomic mass is 9.79. The molecular formula is C39H40F3N5O3S. The highest BCUT2D eigenvalue weighted by atomic mass is 32.1. The third-order valence-corrected chi connectivity index (χ3v) is 10.7. The molecular weight excluding hydrogens is 676 g/mol. The van der Waals surface area contributed by atoms with Crippen molar-refractivity contribution in [1.82, 2.24) is 19.4 Å². The lowest BCUT2D eigenvalue weighted by Crippen LogP contribution is -2.50. The number of fused-ring (bicyclic) bond motifs is 2. The number of carbonyl (C=O) groups excluding carboxylic acids is 2. The maximum absolute atomic E-state index is 16.2. The number of pyridine rings is 1. The highest BCUT2D eigenvalue weighted by Gasteiger charge is 2.38. The summed E-state index contributed by atoms with van der Waals surface area (Å²) in [5.74, 6) is -1.83. The summed E-state index contributed by atoms with van der Waals surface area (Å²) in [5.41, 5.74) is 2.55. The predicted molar refractivity (Wildman–Crippen MR) is 196 cm³/mol. The Balaban J connectivity index is 1.65. The maximum atomic E-state index is 16.2. The van der Waals surface area contributed by atoms with Crippen LogP contribution in [0.5, 0.6) is 0 Å². The average Bonchev–Trinajstić information content (AvgIpc) is 3.59. The standard InChI is InChI=1S/C39H40F3N5O3S/c1-19-16-47(38(49)50-39(5,6)7)21(3)26(20(19)2)15-30(43-8)36-34(32-24(17-48)12-25(40)14-27(32)41)33-28(42)18-51-37(33)35(45-36)23-10-11-31-29(13-23)44-22(4)46(31)9/h10-15,17-21H,16H2,1-9H3/b26-15+,43-30?/t19-,20?,21+/m0/s1. The Morgan fingerprint density at radius 3 is 2.45 bits per heavy atom. The van der Waals surface area contributed by atoms with Crippen molar-refractivity contribution in [3.8, 4) is 22.4 Å². The van der Waals surface area contributed by atoms with E-state index in [0.717, 1.165) is 34.3 Å². The van der Waals surface area contributed by atoms with Crippen molar-refractivity contribution in [2.24, 2.45) is 23.9 Å². The molecule has 3 atom stereocenters. The largest absolute Gasteiger partial charge is 0.444 e. The minimum Gasteiger partial charge on any atom is -0.444 e. The van der Waals surface area contributed by atoms with Crippen LogP contribution in [0, 0.1) is 36.2 Å². The Morgan fingerprint density at radius 1 is 1.06 bits per heavy atom. The van der Waals surface area contributed by atoms with Crippen LogP contribution in [0.4, 0.5) is 18.0 Å². The van der Waals surface area contributed by atoms with Crippen LogP contribution in [0.2, 0.25) is 0 Å². The van der Waals surface area contributed by atoms with E-state index in [4.69, 9.17) is 9.72 Å². The number of aldehydes is 1. The average molecular weight is 716 g/mol. The number of ether oxygens (including phenoxy) is 1. The van der Waals surface area contributed by atoms with E-state index in [1.165, 1.54) is 5.38 Å². The number of aliphatic imine (C=N–C) groups is 1. The molecule has 0 saturated carbocycles. The molecule has 2 aromatic carbocycles. The second-order valence-corrected chi connectivity index (χ2v) is 15.1. The summed E-state index contributed by atoms with van der Waals surface area (Å²) in [6, 6.07) is 6.82. The summed E-state index contributed by atoms with van der Waals surface area (Å²) in [6.45, 7) is 13.8. The Kier molecular flexibility index (Phi) is 9.43. The molecule has 4 heterocycles. The van der Waals surface area contributed by atoms with Crippen molar-refractivity contribution in [3.05, 3.63) is 81.9 Å². The Morgan fingerprint density at radius 2 is 1.78 bits per heavy atom. The van der Waals surface area contributed by atoms with E-state index in [9.17, 15) is 14.0 Å². The summed E-state index contributed by atoms with van der Waals surface area (Å²) in [5, 5.41) is 1.33. The Hall–Kier alpha value is -4.84. The number of aryl methyl sites for hydroxylation is 2. The maximum Gasteiger partial charge on any atom is 0.410 e. The molecule has 1 saturated heterocycles. The molecule has 0 bridgehead atoms. The zero-order valence-electron chi connectivity index (χ0n) is 30.1. The van der Waals surface area contributed by atoms with Gasteiger partial charge in [-0.05, 0) is 76.3 Å². The number of aromatic nitrogens is 3. The molecule has 51 heavy (non-hydrogen) atoms. The van der Waals surface area contributed by atoms with Crippen molar-refractivity contribution >= 4 is 50.5 Å². The van der Waals surface area contributed by atoms with E-state index in [0.29, 0.717) is 40.4 Å². The van der Waals surface area contributed by atoms with Gasteiger partial charge in [0.15, 0.2) is 6.29 Å². The number of amides is 1. The van der Waals surface area contributed by atoms with Crippen molar-refractivity contribution in [3.63, 3.8) is 0 Å². The first-order chi connectivity index (χ1) is 24.0. The molecule has 6 rings (SSSR count). The van der Waals surface area contributed by atoms with Crippen LogP contribution in [0.25, 0.3) is 43.5 Å². The molecule has 0 spiro atoms. The lowest BCUT2D eigenvalue weighted by Gasteiger charge is -2.43. The number of thiophene rings is 1. The van der Waals surface area contributed by atoms with Crippen molar-refractivity contribution in [1.29, 1.82) is 0 Å². The monoisotopic (exact) mass is 715 g/mol. The van der Waals surface area contributed by atoms with Gasteiger partial charge >= 0.3 is 6.09 Å². The Labute approximate surface area is 298 Å². The van der Waals surface area contributed by atoms with Crippen LogP contribution in [0.1, 0.15) is 63.4 Å². The van der Waals surface area contributed by atoms with Gasteiger partial charge in [-0.3, -0.25) is 9.79 Å². The van der Waals surface area contributed by atoms with Gasteiger partial charge in [-0.1, -0.05) is 19.9 Å². The number of hydrogen-bond acceptors (Lipinski definition) is 7. The molecule has 1 unspecified atom stereocenters. The molecule has 0 aliphatic carbocycles. The highest BCUT2D eigenvalue weighted by Crippen LogP contribution is 2.44. The molecule has 1 aliphatic rings. The number of imidazole rings is 1. The summed E-state index contributed by atoms with van der Waals surface area (Å²) < 4.78 is 54.7. The van der Waals surface area contributed by atoms with Crippen LogP contribution in [-0.2, 0) is 11.8 Å². The van der Waals surface area contributed by atoms with E-state index in [-0.39, 0.29) is 45.3 Å². The first-order valence-electron chi connectivity index (χ1n) is 16.7. The van der Waals surface area contributed by atoms with Gasteiger partial charge in [-0.15, -0.1) is 11.3 Å². The van der Waals surface area contributed by atoms with E-state index in [2.05, 4.69) is 16.9 Å². The smallest absolute Gasteiger partial charge is 0.410 e. The summed E-state index contributed by atoms with van der Waals surface area (Å²) in [6.07, 6.45) is 1.70. The second-order valence-electron chi connectivity index (χ2n) is 14.2. The Bertz CT molecular complexity index is 2280. The quantitative estimate of drug-likeness (QED) is 0.134. The zero-order valence-corrected chi connectivity index (χ0v) is 30.9. The van der Waals surface area contributed by atoms with Gasteiger partial charge in [0.1, 0.15) is 28.9 Å². The van der Waals surface area contributed by atoms with Gasteiger partial charge in [0.05, 0.1) is 38.9 Å². The van der Waals surface area contributed by atoms with Gasteiger partial charge in [0.2, 0.25) is 0 Å². The van der Waals surface area contributed by atoms with Gasteiger partial charge < -0.3 is 14.2 Å². The van der Waals surface area contributed by atoms with Gasteiger partial charge in [0, 0.05) is 59.7 Å². The van der Waals surface area contributed by atoms with Crippen LogP contribution in [-0.4, -0.2) is 62.8 Å². The van der Waals surface area contributed by atoms with Gasteiger partial charge in [-0.25, -0.2) is 27.9 Å². The predicted octanol–water partition coefficient (Wildman–Crippen LogP) is 9.31. The minimum absolute atomic E-state index is 0.0209. The van der Waals surface area contributed by atoms with E-state index >= 15 is 8.78 Å². The van der Waals surface area contributed by atoms with Crippen LogP contribution in [0.3, 0.4) is 0 Å². The third kappa shape index (κ3) is 6.45. The van der Waals surface area contributed by atoms with E-state index in [1.807, 2.05) is 71.4 Å². The normalized spacial score (nSPS) is 19.4. The number of allylic oxidation sites excluding steroid dienone is 1. The fourth-order valence-corrected chi connectivity index (χ4v) is 7.77. The van der Waals surface area contributed by atoms with Crippen molar-refractivity contribution in [2.45, 2.75) is 60.1 Å². The van der Waals surface area contributed by atoms with Gasteiger partial charge in [-0.2, -0.15) is 0 Å². The summed E-state index contributed by atoms with van der Waals surface area (Å²) in [7, 11) is 3.46. The summed E-state index contributed by atoms with van der Waals surface area (Å²) >= 11 is 1.09. The molecule has 1 fully saturated rings. The molecule has 5 aromatic rings. The number of nitrogens with zero attached hydrogens (tertiary/aromatic N) is 5. The molecule has 8 nitrogen and oxygen atoms in total. The zero-order chi connectivity index (χ0) is 37.1. The first kappa shape index (κ1) is 36.0. The number of likely N-dealkylation sites (tertiary alicyclic amines) is 1. The molecule has 3 aromatic heterocycles. The molecule has 0 radical (unpaired) electrons. The number of benzene rings is 2. The third-order valence-electron chi connectivity index (χ3n) is 9.74. The fraction of sp³-hybridized carbons (Fsp3) is 0.359. The first-order valence-corrected chi connectivity index (χ1v) is 17.6. The van der Waals surface area contributed by atoms with Crippen LogP contribution in [0.15, 0.2) is 52.4 Å².